The molecule has 0 bridgehead atoms. The maximum absolute atomic E-state index is 9.84. The van der Waals surface area contributed by atoms with Crippen molar-refractivity contribution in [1.29, 1.82) is 5.26 Å². The molecule has 5 heteroatoms. The summed E-state index contributed by atoms with van der Waals surface area (Å²) in [5.74, 6) is 0.662. The van der Waals surface area contributed by atoms with Crippen LogP contribution in [0.4, 0.5) is 16.4 Å². The van der Waals surface area contributed by atoms with Crippen molar-refractivity contribution < 1.29 is 0 Å². The molecule has 1 aliphatic carbocycles. The molecule has 162 valence electrons. The molecule has 5 rings (SSSR count). The van der Waals surface area contributed by atoms with Crippen molar-refractivity contribution in [2.24, 2.45) is 16.3 Å². The Balaban J connectivity index is 1.43. The van der Waals surface area contributed by atoms with Gasteiger partial charge in [-0.2, -0.15) is 5.26 Å². The van der Waals surface area contributed by atoms with Crippen LogP contribution in [0.25, 0.3) is 0 Å². The van der Waals surface area contributed by atoms with Crippen LogP contribution in [0.15, 0.2) is 57.2 Å². The summed E-state index contributed by atoms with van der Waals surface area (Å²) in [5.41, 5.74) is 5.84. The molecular weight excluding hydrogens is 430 g/mol. The Bertz CT molecular complexity index is 1260. The quantitative estimate of drug-likeness (QED) is 0.369. The van der Waals surface area contributed by atoms with Gasteiger partial charge < -0.3 is 4.90 Å². The van der Waals surface area contributed by atoms with Gasteiger partial charge in [-0.1, -0.05) is 50.7 Å². The van der Waals surface area contributed by atoms with Crippen molar-refractivity contribution in [3.8, 4) is 6.07 Å². The lowest BCUT2D eigenvalue weighted by atomic mass is 9.72. The lowest BCUT2D eigenvalue weighted by Crippen LogP contribution is -2.26. The summed E-state index contributed by atoms with van der Waals surface area (Å²) in [5, 5.41) is 10.7. The van der Waals surface area contributed by atoms with E-state index < -0.39 is 0 Å². The summed E-state index contributed by atoms with van der Waals surface area (Å²) >= 11 is 3.51. The SMILES string of the molecule is CN1c2ccccc2Sc2cc(C=Nc3sc4c(c3C#N)CC[C@H](C(C)(C)C)C4)ccc21. The van der Waals surface area contributed by atoms with Gasteiger partial charge >= 0.3 is 0 Å². The average molecular weight is 458 g/mol. The van der Waals surface area contributed by atoms with Gasteiger partial charge in [-0.05, 0) is 66.0 Å². The van der Waals surface area contributed by atoms with Crippen LogP contribution in [0, 0.1) is 22.7 Å². The third-order valence-corrected chi connectivity index (χ3v) is 8.98. The number of nitrogens with zero attached hydrogens (tertiary/aromatic N) is 3. The van der Waals surface area contributed by atoms with Gasteiger partial charge in [-0.3, -0.25) is 0 Å². The molecule has 1 aromatic heterocycles. The molecule has 0 radical (unpaired) electrons. The normalized spacial score (nSPS) is 17.6. The van der Waals surface area contributed by atoms with Crippen molar-refractivity contribution >= 4 is 45.7 Å². The van der Waals surface area contributed by atoms with Gasteiger partial charge in [-0.25, -0.2) is 4.99 Å². The van der Waals surface area contributed by atoms with E-state index in [9.17, 15) is 5.26 Å². The fraction of sp³-hybridized carbons (Fsp3) is 0.333. The van der Waals surface area contributed by atoms with Crippen molar-refractivity contribution in [2.75, 3.05) is 11.9 Å². The second-order valence-electron chi connectivity index (χ2n) is 9.72. The van der Waals surface area contributed by atoms with Crippen LogP contribution in [0.3, 0.4) is 0 Å². The monoisotopic (exact) mass is 457 g/mol. The van der Waals surface area contributed by atoms with Gasteiger partial charge in [0.2, 0.25) is 0 Å². The van der Waals surface area contributed by atoms with Gasteiger partial charge in [0.15, 0.2) is 0 Å². The summed E-state index contributed by atoms with van der Waals surface area (Å²) in [4.78, 5) is 10.9. The maximum atomic E-state index is 9.84. The van der Waals surface area contributed by atoms with Crippen LogP contribution in [0.1, 0.15) is 48.8 Å². The van der Waals surface area contributed by atoms with E-state index in [1.807, 2.05) is 6.21 Å². The predicted molar refractivity (Wildman–Crippen MR) is 136 cm³/mol. The average Bonchev–Trinajstić information content (AvgIpc) is 3.14. The Morgan fingerprint density at radius 1 is 1.12 bits per heavy atom. The molecule has 2 aliphatic rings. The number of fused-ring (bicyclic) bond motifs is 3. The Hall–Kier alpha value is -2.55. The summed E-state index contributed by atoms with van der Waals surface area (Å²) in [7, 11) is 2.12. The molecule has 1 aliphatic heterocycles. The third kappa shape index (κ3) is 3.76. The Kier molecular flexibility index (Phi) is 5.39. The summed E-state index contributed by atoms with van der Waals surface area (Å²) in [6.45, 7) is 6.97. The van der Waals surface area contributed by atoms with Crippen LogP contribution in [-0.2, 0) is 12.8 Å². The number of benzene rings is 2. The fourth-order valence-corrected chi connectivity index (χ4v) is 7.11. The van der Waals surface area contributed by atoms with E-state index >= 15 is 0 Å². The Morgan fingerprint density at radius 3 is 2.69 bits per heavy atom. The van der Waals surface area contributed by atoms with E-state index in [1.54, 1.807) is 23.1 Å². The van der Waals surface area contributed by atoms with Crippen LogP contribution in [-0.4, -0.2) is 13.3 Å². The topological polar surface area (TPSA) is 39.4 Å². The largest absolute Gasteiger partial charge is 0.343 e. The van der Waals surface area contributed by atoms with Gasteiger partial charge in [0.05, 0.1) is 16.9 Å². The molecular formula is C27H27N3S2. The van der Waals surface area contributed by atoms with Gasteiger partial charge in [-0.15, -0.1) is 11.3 Å². The number of anilines is 2. The first-order valence-electron chi connectivity index (χ1n) is 11.1. The summed E-state index contributed by atoms with van der Waals surface area (Å²) < 4.78 is 0. The van der Waals surface area contributed by atoms with Crippen LogP contribution in [0.5, 0.6) is 0 Å². The standard InChI is InChI=1S/C27H27N3S2/c1-27(2,3)18-10-11-19-20(15-28)26(32-24(19)14-18)29-16-17-9-12-22-25(13-17)31-23-8-6-5-7-21(23)30(22)4/h5-9,12-13,16,18H,10-11,14H2,1-4H3/t18-/m0/s1. The molecule has 0 unspecified atom stereocenters. The van der Waals surface area contributed by atoms with Gasteiger partial charge in [0.1, 0.15) is 11.1 Å². The molecule has 0 saturated heterocycles. The number of aliphatic imine (C=N–C) groups is 1. The number of rotatable bonds is 2. The van der Waals surface area contributed by atoms with E-state index in [0.717, 1.165) is 35.4 Å². The molecule has 0 saturated carbocycles. The zero-order chi connectivity index (χ0) is 22.5. The zero-order valence-electron chi connectivity index (χ0n) is 19.0. The molecule has 0 N–H and O–H groups in total. The van der Waals surface area contributed by atoms with Crippen molar-refractivity contribution in [3.05, 3.63) is 64.0 Å². The van der Waals surface area contributed by atoms with Crippen LogP contribution >= 0.6 is 23.1 Å². The third-order valence-electron chi connectivity index (χ3n) is 6.71. The minimum absolute atomic E-state index is 0.296. The van der Waals surface area contributed by atoms with E-state index in [2.05, 4.69) is 81.3 Å². The molecule has 0 amide bonds. The smallest absolute Gasteiger partial charge is 0.134 e. The van der Waals surface area contributed by atoms with E-state index in [0.29, 0.717) is 11.3 Å². The second-order valence-corrected chi connectivity index (χ2v) is 11.9. The van der Waals surface area contributed by atoms with Crippen LogP contribution < -0.4 is 4.90 Å². The lowest BCUT2D eigenvalue weighted by Gasteiger charge is -2.33. The minimum Gasteiger partial charge on any atom is -0.343 e. The number of thiophene rings is 1. The molecule has 0 spiro atoms. The molecule has 3 aromatic rings. The first-order chi connectivity index (χ1) is 15.3. The first kappa shape index (κ1) is 21.3. The predicted octanol–water partition coefficient (Wildman–Crippen LogP) is 7.75. The summed E-state index contributed by atoms with van der Waals surface area (Å²) in [6.07, 6.45) is 5.13. The number of nitriles is 1. The van der Waals surface area contributed by atoms with E-state index in [-0.39, 0.29) is 0 Å². The van der Waals surface area contributed by atoms with E-state index in [1.165, 1.54) is 31.6 Å². The number of hydrogen-bond donors (Lipinski definition) is 0. The van der Waals surface area contributed by atoms with Crippen LogP contribution in [0.2, 0.25) is 0 Å². The fourth-order valence-electron chi connectivity index (χ4n) is 4.69. The van der Waals surface area contributed by atoms with Gasteiger partial charge in [0, 0.05) is 27.9 Å². The molecule has 3 nitrogen and oxygen atoms in total. The zero-order valence-corrected chi connectivity index (χ0v) is 20.6. The molecule has 1 atom stereocenters. The molecule has 32 heavy (non-hydrogen) atoms. The highest BCUT2D eigenvalue weighted by molar-refractivity contribution is 7.99. The highest BCUT2D eigenvalue weighted by Crippen LogP contribution is 2.48. The van der Waals surface area contributed by atoms with Gasteiger partial charge in [0.25, 0.3) is 0 Å². The molecule has 0 fully saturated rings. The highest BCUT2D eigenvalue weighted by Gasteiger charge is 2.32. The maximum Gasteiger partial charge on any atom is 0.134 e. The second kappa shape index (κ2) is 8.10. The van der Waals surface area contributed by atoms with E-state index in [4.69, 9.17) is 4.99 Å². The van der Waals surface area contributed by atoms with Crippen molar-refractivity contribution in [3.63, 3.8) is 0 Å². The first-order valence-corrected chi connectivity index (χ1v) is 12.7. The number of para-hydroxylation sites is 1. The Labute approximate surface area is 198 Å². The molecule has 2 heterocycles. The minimum atomic E-state index is 0.296. The Morgan fingerprint density at radius 2 is 1.91 bits per heavy atom. The van der Waals surface area contributed by atoms with Crippen molar-refractivity contribution in [2.45, 2.75) is 49.8 Å². The molecule has 2 aromatic carbocycles. The summed E-state index contributed by atoms with van der Waals surface area (Å²) in [6, 6.07) is 17.4. The lowest BCUT2D eigenvalue weighted by molar-refractivity contribution is 0.218. The number of hydrogen-bond acceptors (Lipinski definition) is 5. The highest BCUT2D eigenvalue weighted by atomic mass is 32.2. The van der Waals surface area contributed by atoms with Crippen molar-refractivity contribution in [1.82, 2.24) is 0 Å².